The minimum Gasteiger partial charge on any atom is -0.497 e. The number of hydrogen-bond acceptors (Lipinski definition) is 7. The molecule has 9 nitrogen and oxygen atoms in total. The Morgan fingerprint density at radius 2 is 1.55 bits per heavy atom. The second kappa shape index (κ2) is 12.8. The molecule has 176 valence electrons. The first kappa shape index (κ1) is 25.4. The van der Waals surface area contributed by atoms with Crippen LogP contribution in [0, 0.1) is 5.92 Å². The van der Waals surface area contributed by atoms with Gasteiger partial charge < -0.3 is 24.8 Å². The van der Waals surface area contributed by atoms with Gasteiger partial charge in [-0.15, -0.1) is 0 Å². The fourth-order valence-corrected chi connectivity index (χ4v) is 2.58. The lowest BCUT2D eigenvalue weighted by Crippen LogP contribution is -2.21. The van der Waals surface area contributed by atoms with Crippen LogP contribution in [0.15, 0.2) is 48.5 Å². The molecule has 2 aromatic carbocycles. The molecule has 2 amide bonds. The van der Waals surface area contributed by atoms with Gasteiger partial charge in [0.25, 0.3) is 5.91 Å². The molecule has 0 aliphatic rings. The van der Waals surface area contributed by atoms with E-state index in [1.165, 1.54) is 13.2 Å². The van der Waals surface area contributed by atoms with Crippen molar-refractivity contribution in [2.75, 3.05) is 31.0 Å². The molecule has 0 fully saturated rings. The highest BCUT2D eigenvalue weighted by Crippen LogP contribution is 2.15. The van der Waals surface area contributed by atoms with Crippen LogP contribution in [0.4, 0.5) is 11.4 Å². The van der Waals surface area contributed by atoms with E-state index in [1.807, 2.05) is 13.8 Å². The van der Waals surface area contributed by atoms with Crippen molar-refractivity contribution in [2.45, 2.75) is 26.7 Å². The molecule has 0 aliphatic carbocycles. The van der Waals surface area contributed by atoms with E-state index in [9.17, 15) is 19.2 Å². The second-order valence-corrected chi connectivity index (χ2v) is 7.56. The largest absolute Gasteiger partial charge is 0.497 e. The van der Waals surface area contributed by atoms with Gasteiger partial charge >= 0.3 is 11.9 Å². The molecule has 0 unspecified atom stereocenters. The van der Waals surface area contributed by atoms with Crippen molar-refractivity contribution < 1.29 is 33.4 Å². The van der Waals surface area contributed by atoms with Crippen LogP contribution in [0.25, 0.3) is 0 Å². The lowest BCUT2D eigenvalue weighted by molar-refractivity contribution is -0.147. The summed E-state index contributed by atoms with van der Waals surface area (Å²) in [4.78, 5) is 47.9. The third-order valence-corrected chi connectivity index (χ3v) is 4.22. The topological polar surface area (TPSA) is 120 Å². The molecule has 2 aromatic rings. The minimum atomic E-state index is -0.680. The molecule has 0 radical (unpaired) electrons. The quantitative estimate of drug-likeness (QED) is 0.497. The van der Waals surface area contributed by atoms with Crippen molar-refractivity contribution in [1.82, 2.24) is 0 Å². The Labute approximate surface area is 192 Å². The molecule has 0 heterocycles. The maximum atomic E-state index is 12.1. The second-order valence-electron chi connectivity index (χ2n) is 7.56. The van der Waals surface area contributed by atoms with Crippen molar-refractivity contribution in [3.63, 3.8) is 0 Å². The highest BCUT2D eigenvalue weighted by atomic mass is 16.5. The van der Waals surface area contributed by atoms with E-state index in [0.29, 0.717) is 29.3 Å². The first-order chi connectivity index (χ1) is 15.8. The number of esters is 2. The molecule has 33 heavy (non-hydrogen) atoms. The zero-order chi connectivity index (χ0) is 24.2. The number of rotatable bonds is 11. The summed E-state index contributed by atoms with van der Waals surface area (Å²) in [6.45, 7) is 3.70. The number of carbonyl (C=O) groups excluding carboxylic acids is 4. The molecule has 0 atom stereocenters. The number of methoxy groups -OCH3 is 1. The lowest BCUT2D eigenvalue weighted by Gasteiger charge is -2.09. The first-order valence-corrected chi connectivity index (χ1v) is 10.4. The van der Waals surface area contributed by atoms with Crippen LogP contribution >= 0.6 is 0 Å². The van der Waals surface area contributed by atoms with Crippen molar-refractivity contribution in [2.24, 2.45) is 5.92 Å². The monoisotopic (exact) mass is 456 g/mol. The van der Waals surface area contributed by atoms with Gasteiger partial charge in [-0.1, -0.05) is 19.9 Å². The number of benzene rings is 2. The summed E-state index contributed by atoms with van der Waals surface area (Å²) in [5.74, 6) is -1.22. The summed E-state index contributed by atoms with van der Waals surface area (Å²) in [6, 6.07) is 13.0. The zero-order valence-electron chi connectivity index (χ0n) is 18.9. The summed E-state index contributed by atoms with van der Waals surface area (Å²) in [7, 11) is 1.54. The van der Waals surface area contributed by atoms with Gasteiger partial charge in [0, 0.05) is 17.8 Å². The van der Waals surface area contributed by atoms with Crippen LogP contribution in [0.2, 0.25) is 0 Å². The van der Waals surface area contributed by atoms with Crippen LogP contribution in [-0.4, -0.2) is 44.1 Å². The molecule has 0 aliphatic heterocycles. The Hall–Kier alpha value is -3.88. The van der Waals surface area contributed by atoms with E-state index in [2.05, 4.69) is 10.6 Å². The van der Waals surface area contributed by atoms with Crippen molar-refractivity contribution in [3.8, 4) is 5.75 Å². The highest BCUT2D eigenvalue weighted by Gasteiger charge is 2.13. The number of amides is 2. The number of hydrogen-bond donors (Lipinski definition) is 2. The third kappa shape index (κ3) is 9.42. The SMILES string of the molecule is COc1ccc(NC(=O)COC(=O)CCC(=O)Nc2cccc(C(=O)OCC(C)C)c2)cc1. The van der Waals surface area contributed by atoms with Gasteiger partial charge in [-0.05, 0) is 48.4 Å². The fourth-order valence-electron chi connectivity index (χ4n) is 2.58. The number of anilines is 2. The molecule has 9 heteroatoms. The maximum Gasteiger partial charge on any atom is 0.338 e. The molecule has 0 bridgehead atoms. The van der Waals surface area contributed by atoms with Crippen molar-refractivity contribution in [1.29, 1.82) is 0 Å². The van der Waals surface area contributed by atoms with Gasteiger partial charge in [0.2, 0.25) is 5.91 Å². The van der Waals surface area contributed by atoms with Gasteiger partial charge in [0.05, 0.1) is 25.7 Å². The predicted octanol–water partition coefficient (Wildman–Crippen LogP) is 3.41. The van der Waals surface area contributed by atoms with E-state index in [1.54, 1.807) is 42.5 Å². The number of ether oxygens (including phenoxy) is 3. The maximum absolute atomic E-state index is 12.1. The van der Waals surface area contributed by atoms with Gasteiger partial charge in [0.1, 0.15) is 5.75 Å². The van der Waals surface area contributed by atoms with Crippen molar-refractivity contribution >= 4 is 35.1 Å². The molecule has 2 N–H and O–H groups in total. The molecular weight excluding hydrogens is 428 g/mol. The Morgan fingerprint density at radius 1 is 0.848 bits per heavy atom. The van der Waals surface area contributed by atoms with Crippen molar-refractivity contribution in [3.05, 3.63) is 54.1 Å². The minimum absolute atomic E-state index is 0.138. The van der Waals surface area contributed by atoms with Gasteiger partial charge in [-0.3, -0.25) is 14.4 Å². The standard InChI is InChI=1S/C24H28N2O7/c1-16(2)14-33-24(30)17-5-4-6-19(13-17)26-21(27)11-12-23(29)32-15-22(28)25-18-7-9-20(31-3)10-8-18/h4-10,13,16H,11-12,14-15H2,1-3H3,(H,25,28)(H,26,27). The lowest BCUT2D eigenvalue weighted by atomic mass is 10.2. The number of nitrogens with one attached hydrogen (secondary N) is 2. The zero-order valence-corrected chi connectivity index (χ0v) is 18.9. The Bertz CT molecular complexity index is 971. The molecular formula is C24H28N2O7. The van der Waals surface area contributed by atoms with E-state index >= 15 is 0 Å². The fraction of sp³-hybridized carbons (Fsp3) is 0.333. The summed E-state index contributed by atoms with van der Waals surface area (Å²) < 4.78 is 15.1. The van der Waals surface area contributed by atoms with E-state index in [0.717, 1.165) is 0 Å². The Morgan fingerprint density at radius 3 is 2.21 bits per heavy atom. The predicted molar refractivity (Wildman–Crippen MR) is 122 cm³/mol. The summed E-state index contributed by atoms with van der Waals surface area (Å²) in [6.07, 6.45) is -0.335. The van der Waals surface area contributed by atoms with Crippen LogP contribution in [0.5, 0.6) is 5.75 Å². The van der Waals surface area contributed by atoms with Crippen LogP contribution in [0.1, 0.15) is 37.0 Å². The van der Waals surface area contributed by atoms with Gasteiger partial charge in [-0.25, -0.2) is 4.79 Å². The smallest absolute Gasteiger partial charge is 0.338 e. The molecule has 0 saturated carbocycles. The molecule has 0 aromatic heterocycles. The van der Waals surface area contributed by atoms with Gasteiger partial charge in [0.15, 0.2) is 6.61 Å². The average molecular weight is 456 g/mol. The highest BCUT2D eigenvalue weighted by molar-refractivity contribution is 5.96. The third-order valence-electron chi connectivity index (χ3n) is 4.22. The number of carbonyl (C=O) groups is 4. The summed E-state index contributed by atoms with van der Waals surface area (Å²) in [5, 5.41) is 5.21. The van der Waals surface area contributed by atoms with E-state index in [4.69, 9.17) is 14.2 Å². The van der Waals surface area contributed by atoms with E-state index in [-0.39, 0.29) is 18.8 Å². The molecule has 2 rings (SSSR count). The van der Waals surface area contributed by atoms with E-state index < -0.39 is 30.4 Å². The normalized spacial score (nSPS) is 10.3. The van der Waals surface area contributed by atoms with Crippen LogP contribution in [-0.2, 0) is 23.9 Å². The molecule has 0 saturated heterocycles. The van der Waals surface area contributed by atoms with Crippen LogP contribution < -0.4 is 15.4 Å². The summed E-state index contributed by atoms with van der Waals surface area (Å²) >= 11 is 0. The first-order valence-electron chi connectivity index (χ1n) is 10.4. The molecule has 0 spiro atoms. The Kier molecular flexibility index (Phi) is 9.88. The van der Waals surface area contributed by atoms with Crippen LogP contribution in [0.3, 0.4) is 0 Å². The Balaban J connectivity index is 1.72. The van der Waals surface area contributed by atoms with Gasteiger partial charge in [-0.2, -0.15) is 0 Å². The average Bonchev–Trinajstić information content (AvgIpc) is 2.80. The summed E-state index contributed by atoms with van der Waals surface area (Å²) in [5.41, 5.74) is 1.26.